The summed E-state index contributed by atoms with van der Waals surface area (Å²) in [7, 11) is -3.82. The standard InChI is InChI=1S/C21H33N3O3S/c1-15(2)24-17(4)20(16(3)22-24)28(26,27)23(14-21(5,6)7)13-19(25)18-11-9-8-10-12-18/h8-12,15,19,25H,13-14H2,1-7H3/t19-/m0/s1. The molecule has 0 fully saturated rings. The molecule has 0 unspecified atom stereocenters. The number of rotatable bonds is 7. The molecular formula is C21H33N3O3S. The Morgan fingerprint density at radius 1 is 1.14 bits per heavy atom. The SMILES string of the molecule is Cc1nn(C(C)C)c(C)c1S(=O)(=O)N(C[C@H](O)c1ccccc1)CC(C)(C)C. The van der Waals surface area contributed by atoms with E-state index in [0.717, 1.165) is 0 Å². The number of aliphatic hydroxyl groups is 1. The van der Waals surface area contributed by atoms with E-state index in [4.69, 9.17) is 0 Å². The average Bonchev–Trinajstić information content (AvgIpc) is 2.89. The largest absolute Gasteiger partial charge is 0.387 e. The topological polar surface area (TPSA) is 75.4 Å². The van der Waals surface area contributed by atoms with Crippen LogP contribution in [0.25, 0.3) is 0 Å². The van der Waals surface area contributed by atoms with Gasteiger partial charge in [0.05, 0.1) is 17.5 Å². The van der Waals surface area contributed by atoms with Gasteiger partial charge in [-0.25, -0.2) is 8.42 Å². The van der Waals surface area contributed by atoms with E-state index in [1.165, 1.54) is 4.31 Å². The number of nitrogens with zero attached hydrogens (tertiary/aromatic N) is 3. The predicted molar refractivity (Wildman–Crippen MR) is 112 cm³/mol. The van der Waals surface area contributed by atoms with Crippen molar-refractivity contribution in [2.24, 2.45) is 5.41 Å². The highest BCUT2D eigenvalue weighted by molar-refractivity contribution is 7.89. The Hall–Kier alpha value is -1.70. The highest BCUT2D eigenvalue weighted by Gasteiger charge is 2.35. The maximum Gasteiger partial charge on any atom is 0.246 e. The first-order chi connectivity index (χ1) is 12.8. The predicted octanol–water partition coefficient (Wildman–Crippen LogP) is 3.85. The van der Waals surface area contributed by atoms with E-state index in [1.807, 2.05) is 52.8 Å². The van der Waals surface area contributed by atoms with E-state index in [1.54, 1.807) is 30.7 Å². The Morgan fingerprint density at radius 2 is 1.71 bits per heavy atom. The van der Waals surface area contributed by atoms with E-state index in [-0.39, 0.29) is 22.9 Å². The monoisotopic (exact) mass is 407 g/mol. The molecule has 156 valence electrons. The Bertz CT molecular complexity index is 897. The minimum atomic E-state index is -3.82. The van der Waals surface area contributed by atoms with Crippen molar-refractivity contribution in [3.05, 3.63) is 47.3 Å². The van der Waals surface area contributed by atoms with Crippen LogP contribution in [0.1, 0.15) is 63.7 Å². The summed E-state index contributed by atoms with van der Waals surface area (Å²) in [5, 5.41) is 15.1. The van der Waals surface area contributed by atoms with E-state index in [2.05, 4.69) is 5.10 Å². The maximum atomic E-state index is 13.6. The lowest BCUT2D eigenvalue weighted by atomic mass is 9.97. The zero-order valence-corrected chi connectivity index (χ0v) is 18.8. The Labute approximate surface area is 169 Å². The fraction of sp³-hybridized carbons (Fsp3) is 0.571. The number of sulfonamides is 1. The molecular weight excluding hydrogens is 374 g/mol. The van der Waals surface area contributed by atoms with Crippen molar-refractivity contribution >= 4 is 10.0 Å². The summed E-state index contributed by atoms with van der Waals surface area (Å²) < 4.78 is 30.4. The molecule has 0 aliphatic heterocycles. The van der Waals surface area contributed by atoms with E-state index in [9.17, 15) is 13.5 Å². The molecule has 0 saturated carbocycles. The lowest BCUT2D eigenvalue weighted by molar-refractivity contribution is 0.134. The lowest BCUT2D eigenvalue weighted by Crippen LogP contribution is -2.40. The van der Waals surface area contributed by atoms with Gasteiger partial charge in [0.2, 0.25) is 10.0 Å². The van der Waals surface area contributed by atoms with Crippen LogP contribution in [-0.4, -0.2) is 40.7 Å². The van der Waals surface area contributed by atoms with Gasteiger partial charge in [-0.3, -0.25) is 4.68 Å². The Balaban J connectivity index is 2.48. The minimum absolute atomic E-state index is 0.00461. The number of hydrogen-bond donors (Lipinski definition) is 1. The van der Waals surface area contributed by atoms with E-state index >= 15 is 0 Å². The molecule has 1 atom stereocenters. The van der Waals surface area contributed by atoms with Crippen LogP contribution in [0.15, 0.2) is 35.2 Å². The number of aliphatic hydroxyl groups excluding tert-OH is 1. The van der Waals surface area contributed by atoms with Crippen LogP contribution in [0.4, 0.5) is 0 Å². The molecule has 1 N–H and O–H groups in total. The molecule has 0 radical (unpaired) electrons. The fourth-order valence-electron chi connectivity index (χ4n) is 3.40. The summed E-state index contributed by atoms with van der Waals surface area (Å²) in [4.78, 5) is 0.241. The van der Waals surface area contributed by atoms with Crippen molar-refractivity contribution in [3.63, 3.8) is 0 Å². The van der Waals surface area contributed by atoms with Crippen molar-refractivity contribution in [2.75, 3.05) is 13.1 Å². The van der Waals surface area contributed by atoms with E-state index < -0.39 is 16.1 Å². The van der Waals surface area contributed by atoms with Crippen LogP contribution in [-0.2, 0) is 10.0 Å². The van der Waals surface area contributed by atoms with Crippen molar-refractivity contribution in [1.29, 1.82) is 0 Å². The highest BCUT2D eigenvalue weighted by Crippen LogP contribution is 2.29. The molecule has 1 heterocycles. The van der Waals surface area contributed by atoms with Gasteiger partial charge in [-0.1, -0.05) is 51.1 Å². The molecule has 0 bridgehead atoms. The summed E-state index contributed by atoms with van der Waals surface area (Å²) in [5.41, 5.74) is 1.54. The normalized spacial score (nSPS) is 14.1. The molecule has 2 aromatic rings. The van der Waals surface area contributed by atoms with Crippen LogP contribution in [0.2, 0.25) is 0 Å². The van der Waals surface area contributed by atoms with Crippen molar-refractivity contribution in [1.82, 2.24) is 14.1 Å². The van der Waals surface area contributed by atoms with Crippen molar-refractivity contribution < 1.29 is 13.5 Å². The number of hydrogen-bond acceptors (Lipinski definition) is 4. The van der Waals surface area contributed by atoms with E-state index in [0.29, 0.717) is 23.5 Å². The van der Waals surface area contributed by atoms with Crippen LogP contribution < -0.4 is 0 Å². The molecule has 28 heavy (non-hydrogen) atoms. The van der Waals surface area contributed by atoms with Crippen LogP contribution in [0, 0.1) is 19.3 Å². The Morgan fingerprint density at radius 3 is 2.18 bits per heavy atom. The molecule has 0 saturated heterocycles. The third kappa shape index (κ3) is 5.01. The second-order valence-electron chi connectivity index (χ2n) is 8.82. The second-order valence-corrected chi connectivity index (χ2v) is 10.7. The summed E-state index contributed by atoms with van der Waals surface area (Å²) in [6.07, 6.45) is -0.904. The third-order valence-corrected chi connectivity index (χ3v) is 6.62. The molecule has 6 nitrogen and oxygen atoms in total. The van der Waals surface area contributed by atoms with Gasteiger partial charge in [0.25, 0.3) is 0 Å². The van der Waals surface area contributed by atoms with Gasteiger partial charge in [-0.15, -0.1) is 0 Å². The smallest absolute Gasteiger partial charge is 0.246 e. The van der Waals surface area contributed by atoms with Crippen LogP contribution in [0.5, 0.6) is 0 Å². The molecule has 2 rings (SSSR count). The molecule has 0 aliphatic rings. The fourth-order valence-corrected chi connectivity index (χ4v) is 5.44. The first-order valence-electron chi connectivity index (χ1n) is 9.63. The second kappa shape index (κ2) is 8.35. The molecule has 1 aromatic carbocycles. The quantitative estimate of drug-likeness (QED) is 0.756. The zero-order valence-electron chi connectivity index (χ0n) is 18.0. The zero-order chi connectivity index (χ0) is 21.3. The maximum absolute atomic E-state index is 13.6. The highest BCUT2D eigenvalue weighted by atomic mass is 32.2. The number of aromatic nitrogens is 2. The van der Waals surface area contributed by atoms with Gasteiger partial charge in [0.1, 0.15) is 4.90 Å². The molecule has 7 heteroatoms. The molecule has 0 amide bonds. The van der Waals surface area contributed by atoms with Gasteiger partial charge in [0.15, 0.2) is 0 Å². The Kier molecular flexibility index (Phi) is 6.74. The summed E-state index contributed by atoms with van der Waals surface area (Å²) in [5.74, 6) is 0. The van der Waals surface area contributed by atoms with Crippen LogP contribution >= 0.6 is 0 Å². The lowest BCUT2D eigenvalue weighted by Gasteiger charge is -2.31. The summed E-state index contributed by atoms with van der Waals surface area (Å²) in [6.45, 7) is 13.7. The van der Waals surface area contributed by atoms with Gasteiger partial charge >= 0.3 is 0 Å². The van der Waals surface area contributed by atoms with Gasteiger partial charge in [-0.2, -0.15) is 9.40 Å². The summed E-state index contributed by atoms with van der Waals surface area (Å²) in [6, 6.07) is 9.21. The first kappa shape index (κ1) is 22.6. The van der Waals surface area contributed by atoms with Gasteiger partial charge < -0.3 is 5.11 Å². The van der Waals surface area contributed by atoms with Crippen LogP contribution in [0.3, 0.4) is 0 Å². The first-order valence-corrected chi connectivity index (χ1v) is 11.1. The number of benzene rings is 1. The molecule has 0 aliphatic carbocycles. The third-order valence-electron chi connectivity index (χ3n) is 4.56. The molecule has 1 aromatic heterocycles. The summed E-state index contributed by atoms with van der Waals surface area (Å²) >= 11 is 0. The van der Waals surface area contributed by atoms with Gasteiger partial charge in [-0.05, 0) is 38.7 Å². The minimum Gasteiger partial charge on any atom is -0.387 e. The van der Waals surface area contributed by atoms with Crippen molar-refractivity contribution in [3.8, 4) is 0 Å². The number of aryl methyl sites for hydroxylation is 1. The van der Waals surface area contributed by atoms with Gasteiger partial charge in [0, 0.05) is 19.1 Å². The average molecular weight is 408 g/mol. The van der Waals surface area contributed by atoms with Crippen molar-refractivity contribution in [2.45, 2.75) is 65.5 Å². The molecule has 0 spiro atoms.